The predicted molar refractivity (Wildman–Crippen MR) is 62.4 cm³/mol. The molecule has 0 radical (unpaired) electrons. The number of alkyl halides is 1. The molecule has 1 nitrogen and oxygen atoms in total. The molecule has 0 spiro atoms. The molecule has 0 aliphatic carbocycles. The van der Waals surface area contributed by atoms with E-state index in [1.165, 1.54) is 38.5 Å². The first-order valence-corrected chi connectivity index (χ1v) is 6.15. The van der Waals surface area contributed by atoms with Gasteiger partial charge in [0.2, 0.25) is 0 Å². The van der Waals surface area contributed by atoms with Crippen LogP contribution in [0.1, 0.15) is 58.8 Å². The van der Waals surface area contributed by atoms with E-state index in [-0.39, 0.29) is 0 Å². The number of unbranched alkanes of at least 4 members (excludes halogenated alkanes) is 5. The van der Waals surface area contributed by atoms with Gasteiger partial charge in [0, 0.05) is 10.9 Å². The Morgan fingerprint density at radius 3 is 1.85 bits per heavy atom. The van der Waals surface area contributed by atoms with Gasteiger partial charge in [0.05, 0.1) is 0 Å². The summed E-state index contributed by atoms with van der Waals surface area (Å²) < 4.78 is 0.318. The molecule has 0 rings (SSSR count). The molecular formula is C11H23BrO. The summed E-state index contributed by atoms with van der Waals surface area (Å²) in [7, 11) is 0. The van der Waals surface area contributed by atoms with Gasteiger partial charge in [0.25, 0.3) is 0 Å². The second kappa shape index (κ2) is 7.81. The van der Waals surface area contributed by atoms with E-state index in [0.29, 0.717) is 10.9 Å². The zero-order valence-electron chi connectivity index (χ0n) is 8.98. The van der Waals surface area contributed by atoms with E-state index < -0.39 is 0 Å². The molecule has 0 saturated heterocycles. The Morgan fingerprint density at radius 1 is 0.923 bits per heavy atom. The lowest BCUT2D eigenvalue weighted by atomic mass is 10.0. The first kappa shape index (κ1) is 13.4. The monoisotopic (exact) mass is 250 g/mol. The fourth-order valence-corrected chi connectivity index (χ4v) is 1.64. The maximum atomic E-state index is 8.57. The molecule has 0 amide bonds. The number of aliphatic hydroxyl groups is 1. The van der Waals surface area contributed by atoms with E-state index in [0.717, 1.165) is 6.42 Å². The molecule has 0 aromatic carbocycles. The predicted octanol–water partition coefficient (Wildman–Crippen LogP) is 3.88. The minimum absolute atomic E-state index is 0.318. The molecule has 0 saturated carbocycles. The van der Waals surface area contributed by atoms with Crippen LogP contribution in [0, 0.1) is 0 Å². The Labute approximate surface area is 91.1 Å². The molecule has 0 heterocycles. The van der Waals surface area contributed by atoms with Gasteiger partial charge < -0.3 is 5.11 Å². The first-order valence-electron chi connectivity index (χ1n) is 5.36. The number of hydrogen-bond acceptors (Lipinski definition) is 1. The van der Waals surface area contributed by atoms with Gasteiger partial charge in [-0.3, -0.25) is 0 Å². The lowest BCUT2D eigenvalue weighted by molar-refractivity contribution is 0.282. The van der Waals surface area contributed by atoms with Crippen molar-refractivity contribution in [2.45, 2.75) is 63.1 Å². The summed E-state index contributed by atoms with van der Waals surface area (Å²) in [6.45, 7) is 4.80. The molecule has 0 aromatic rings. The van der Waals surface area contributed by atoms with Crippen LogP contribution >= 0.6 is 15.9 Å². The Bertz CT molecular complexity index is 107. The standard InChI is InChI=1S/C11H23BrO/c1-11(2,12)9-7-5-3-4-6-8-10-13/h13H,3-10H2,1-2H3. The van der Waals surface area contributed by atoms with Crippen molar-refractivity contribution in [3.8, 4) is 0 Å². The van der Waals surface area contributed by atoms with Crippen molar-refractivity contribution in [3.63, 3.8) is 0 Å². The maximum Gasteiger partial charge on any atom is 0.0431 e. The van der Waals surface area contributed by atoms with Crippen LogP contribution in [0.4, 0.5) is 0 Å². The van der Waals surface area contributed by atoms with E-state index in [1.807, 2.05) is 0 Å². The Morgan fingerprint density at radius 2 is 1.38 bits per heavy atom. The Balaban J connectivity index is 3.00. The van der Waals surface area contributed by atoms with Gasteiger partial charge >= 0.3 is 0 Å². The van der Waals surface area contributed by atoms with Crippen LogP contribution in [-0.4, -0.2) is 16.0 Å². The Hall–Kier alpha value is 0.440. The first-order chi connectivity index (χ1) is 6.06. The number of rotatable bonds is 8. The van der Waals surface area contributed by atoms with Gasteiger partial charge in [-0.2, -0.15) is 0 Å². The van der Waals surface area contributed by atoms with E-state index >= 15 is 0 Å². The summed E-state index contributed by atoms with van der Waals surface area (Å²) in [5.41, 5.74) is 0. The second-order valence-corrected chi connectivity index (χ2v) is 6.46. The van der Waals surface area contributed by atoms with Crippen LogP contribution in [-0.2, 0) is 0 Å². The second-order valence-electron chi connectivity index (χ2n) is 4.31. The topological polar surface area (TPSA) is 20.2 Å². The highest BCUT2D eigenvalue weighted by Crippen LogP contribution is 2.23. The largest absolute Gasteiger partial charge is 0.396 e. The lowest BCUT2D eigenvalue weighted by Gasteiger charge is -2.15. The summed E-state index contributed by atoms with van der Waals surface area (Å²) in [4.78, 5) is 0. The lowest BCUT2D eigenvalue weighted by Crippen LogP contribution is -2.08. The molecule has 2 heteroatoms. The highest BCUT2D eigenvalue weighted by atomic mass is 79.9. The van der Waals surface area contributed by atoms with Crippen molar-refractivity contribution in [2.75, 3.05) is 6.61 Å². The van der Waals surface area contributed by atoms with E-state index in [1.54, 1.807) is 0 Å². The van der Waals surface area contributed by atoms with Gasteiger partial charge in [0.15, 0.2) is 0 Å². The third-order valence-electron chi connectivity index (χ3n) is 2.18. The molecule has 0 unspecified atom stereocenters. The maximum absolute atomic E-state index is 8.57. The van der Waals surface area contributed by atoms with Crippen molar-refractivity contribution >= 4 is 15.9 Å². The molecule has 13 heavy (non-hydrogen) atoms. The highest BCUT2D eigenvalue weighted by molar-refractivity contribution is 9.10. The summed E-state index contributed by atoms with van der Waals surface area (Å²) >= 11 is 3.64. The normalized spacial score (nSPS) is 12.0. The Kier molecular flexibility index (Phi) is 8.07. The third kappa shape index (κ3) is 12.4. The van der Waals surface area contributed by atoms with Gasteiger partial charge in [-0.15, -0.1) is 0 Å². The minimum atomic E-state index is 0.318. The smallest absolute Gasteiger partial charge is 0.0431 e. The fraction of sp³-hybridized carbons (Fsp3) is 1.00. The van der Waals surface area contributed by atoms with E-state index in [4.69, 9.17) is 5.11 Å². The van der Waals surface area contributed by atoms with Gasteiger partial charge in [0.1, 0.15) is 0 Å². The molecule has 0 atom stereocenters. The average Bonchev–Trinajstić information content (AvgIpc) is 2.01. The third-order valence-corrected chi connectivity index (χ3v) is 2.58. The summed E-state index contributed by atoms with van der Waals surface area (Å²) in [5, 5.41) is 8.57. The molecule has 0 bridgehead atoms. The molecule has 0 aliphatic heterocycles. The van der Waals surface area contributed by atoms with Crippen molar-refractivity contribution in [2.24, 2.45) is 0 Å². The van der Waals surface area contributed by atoms with Crippen LogP contribution in [0.2, 0.25) is 0 Å². The van der Waals surface area contributed by atoms with E-state index in [9.17, 15) is 0 Å². The van der Waals surface area contributed by atoms with Crippen molar-refractivity contribution in [1.29, 1.82) is 0 Å². The molecule has 80 valence electrons. The number of hydrogen-bond donors (Lipinski definition) is 1. The average molecular weight is 251 g/mol. The zero-order chi connectivity index (χ0) is 10.2. The molecule has 0 fully saturated rings. The summed E-state index contributed by atoms with van der Waals surface area (Å²) in [5.74, 6) is 0. The SMILES string of the molecule is CC(C)(Br)CCCCCCCCO. The van der Waals surface area contributed by atoms with Crippen molar-refractivity contribution < 1.29 is 5.11 Å². The van der Waals surface area contributed by atoms with Gasteiger partial charge in [-0.1, -0.05) is 61.9 Å². The van der Waals surface area contributed by atoms with Crippen LogP contribution in [0.15, 0.2) is 0 Å². The van der Waals surface area contributed by atoms with Crippen molar-refractivity contribution in [3.05, 3.63) is 0 Å². The van der Waals surface area contributed by atoms with Gasteiger partial charge in [-0.25, -0.2) is 0 Å². The fourth-order valence-electron chi connectivity index (χ4n) is 1.36. The molecule has 1 N–H and O–H groups in total. The van der Waals surface area contributed by atoms with Crippen LogP contribution in [0.3, 0.4) is 0 Å². The molecular weight excluding hydrogens is 228 g/mol. The quantitative estimate of drug-likeness (QED) is 0.512. The zero-order valence-corrected chi connectivity index (χ0v) is 10.6. The van der Waals surface area contributed by atoms with Crippen LogP contribution < -0.4 is 0 Å². The van der Waals surface area contributed by atoms with E-state index in [2.05, 4.69) is 29.8 Å². The van der Waals surface area contributed by atoms with Gasteiger partial charge in [-0.05, 0) is 12.8 Å². The molecule has 0 aromatic heterocycles. The highest BCUT2D eigenvalue weighted by Gasteiger charge is 2.10. The van der Waals surface area contributed by atoms with Crippen LogP contribution in [0.25, 0.3) is 0 Å². The summed E-state index contributed by atoms with van der Waals surface area (Å²) in [6.07, 6.45) is 8.68. The van der Waals surface area contributed by atoms with Crippen LogP contribution in [0.5, 0.6) is 0 Å². The van der Waals surface area contributed by atoms with Crippen molar-refractivity contribution in [1.82, 2.24) is 0 Å². The summed E-state index contributed by atoms with van der Waals surface area (Å²) in [6, 6.07) is 0. The minimum Gasteiger partial charge on any atom is -0.396 e. The molecule has 0 aliphatic rings. The number of halogens is 1. The number of aliphatic hydroxyl groups excluding tert-OH is 1.